The number of sulfonamides is 1. The molecule has 0 unspecified atom stereocenters. The molecule has 3 nitrogen and oxygen atoms in total. The average molecular weight is 179 g/mol. The van der Waals surface area contributed by atoms with Gasteiger partial charge in [0.05, 0.1) is 6.26 Å². The van der Waals surface area contributed by atoms with E-state index in [0.29, 0.717) is 6.54 Å². The summed E-state index contributed by atoms with van der Waals surface area (Å²) in [5.41, 5.74) is 0.192. The van der Waals surface area contributed by atoms with Crippen LogP contribution in [0.25, 0.3) is 0 Å². The minimum atomic E-state index is -3.00. The van der Waals surface area contributed by atoms with Gasteiger partial charge < -0.3 is 0 Å². The van der Waals surface area contributed by atoms with E-state index in [1.165, 1.54) is 6.26 Å². The Morgan fingerprint density at radius 3 is 2.00 bits per heavy atom. The predicted octanol–water partition coefficient (Wildman–Crippen LogP) is 0.972. The van der Waals surface area contributed by atoms with Crippen molar-refractivity contribution in [1.29, 1.82) is 0 Å². The Morgan fingerprint density at radius 1 is 1.27 bits per heavy atom. The second-order valence-corrected chi connectivity index (χ2v) is 5.81. The fourth-order valence-corrected chi connectivity index (χ4v) is 1.08. The molecule has 0 aromatic rings. The molecule has 0 aliphatic rings. The lowest BCUT2D eigenvalue weighted by atomic mass is 9.93. The summed E-state index contributed by atoms with van der Waals surface area (Å²) < 4.78 is 23.7. The molecule has 0 bridgehead atoms. The van der Waals surface area contributed by atoms with Gasteiger partial charge in [0.15, 0.2) is 0 Å². The third-order valence-corrected chi connectivity index (χ3v) is 1.97. The minimum absolute atomic E-state index is 0.192. The summed E-state index contributed by atoms with van der Waals surface area (Å²) in [6.45, 7) is 6.77. The normalized spacial score (nSPS) is 13.5. The molecule has 0 aliphatic heterocycles. The molecule has 68 valence electrons. The number of hydrogen-bond donors (Lipinski definition) is 1. The first-order valence-corrected chi connectivity index (χ1v) is 5.54. The summed E-state index contributed by atoms with van der Waals surface area (Å²) >= 11 is 0. The van der Waals surface area contributed by atoms with Gasteiger partial charge >= 0.3 is 0 Å². The van der Waals surface area contributed by atoms with Gasteiger partial charge in [0.2, 0.25) is 10.0 Å². The molecule has 0 rings (SSSR count). The van der Waals surface area contributed by atoms with Gasteiger partial charge in [-0.05, 0) is 11.8 Å². The van der Waals surface area contributed by atoms with Crippen LogP contribution in [0.1, 0.15) is 27.2 Å². The predicted molar refractivity (Wildman–Crippen MR) is 46.9 cm³/mol. The highest BCUT2D eigenvalue weighted by Gasteiger charge is 2.10. The summed E-state index contributed by atoms with van der Waals surface area (Å²) in [4.78, 5) is 0. The molecule has 0 saturated heterocycles. The second-order valence-electron chi connectivity index (χ2n) is 3.98. The van der Waals surface area contributed by atoms with E-state index < -0.39 is 10.0 Å². The van der Waals surface area contributed by atoms with Gasteiger partial charge in [0.25, 0.3) is 0 Å². The van der Waals surface area contributed by atoms with Crippen LogP contribution in [-0.2, 0) is 10.0 Å². The van der Waals surface area contributed by atoms with Crippen molar-refractivity contribution >= 4 is 10.0 Å². The molecule has 0 fully saturated rings. The largest absolute Gasteiger partial charge is 0.215 e. The molecule has 0 heterocycles. The van der Waals surface area contributed by atoms with Crippen LogP contribution < -0.4 is 4.72 Å². The monoisotopic (exact) mass is 179 g/mol. The first kappa shape index (κ1) is 10.9. The van der Waals surface area contributed by atoms with E-state index in [4.69, 9.17) is 0 Å². The maximum atomic E-state index is 10.6. The molecule has 11 heavy (non-hydrogen) atoms. The zero-order valence-corrected chi connectivity index (χ0v) is 8.46. The smallest absolute Gasteiger partial charge is 0.208 e. The standard InChI is InChI=1S/C7H17NO2S/c1-7(2,3)5-6-8-11(4,9)10/h8H,5-6H2,1-4H3. The van der Waals surface area contributed by atoms with Gasteiger partial charge in [-0.25, -0.2) is 13.1 Å². The van der Waals surface area contributed by atoms with Crippen molar-refractivity contribution in [2.24, 2.45) is 5.41 Å². The van der Waals surface area contributed by atoms with Crippen LogP contribution in [0.3, 0.4) is 0 Å². The molecule has 1 N–H and O–H groups in total. The highest BCUT2D eigenvalue weighted by atomic mass is 32.2. The van der Waals surface area contributed by atoms with Crippen LogP contribution in [0.15, 0.2) is 0 Å². The van der Waals surface area contributed by atoms with E-state index in [1.54, 1.807) is 0 Å². The molecular formula is C7H17NO2S. The average Bonchev–Trinajstić information content (AvgIpc) is 1.55. The molecule has 0 aromatic carbocycles. The SMILES string of the molecule is CC(C)(C)CCNS(C)(=O)=O. The molecule has 0 aromatic heterocycles. The Balaban J connectivity index is 3.61. The summed E-state index contributed by atoms with van der Waals surface area (Å²) in [5.74, 6) is 0. The summed E-state index contributed by atoms with van der Waals surface area (Å²) in [7, 11) is -3.00. The van der Waals surface area contributed by atoms with Gasteiger partial charge in [-0.3, -0.25) is 0 Å². The molecule has 4 heteroatoms. The van der Waals surface area contributed by atoms with E-state index in [0.717, 1.165) is 6.42 Å². The first-order chi connectivity index (χ1) is 4.71. The zero-order valence-electron chi connectivity index (χ0n) is 7.64. The lowest BCUT2D eigenvalue weighted by Crippen LogP contribution is -2.26. The van der Waals surface area contributed by atoms with Crippen LogP contribution in [-0.4, -0.2) is 21.2 Å². The Labute approximate surface area is 69.2 Å². The van der Waals surface area contributed by atoms with Gasteiger partial charge in [-0.2, -0.15) is 0 Å². The summed E-state index contributed by atoms with van der Waals surface area (Å²) in [6.07, 6.45) is 2.04. The fraction of sp³-hybridized carbons (Fsp3) is 1.00. The topological polar surface area (TPSA) is 46.2 Å². The van der Waals surface area contributed by atoms with Gasteiger partial charge in [0, 0.05) is 6.54 Å². The molecule has 0 spiro atoms. The summed E-state index contributed by atoms with van der Waals surface area (Å²) in [6, 6.07) is 0. The van der Waals surface area contributed by atoms with E-state index in [-0.39, 0.29) is 5.41 Å². The maximum absolute atomic E-state index is 10.6. The van der Waals surface area contributed by atoms with Gasteiger partial charge in [-0.1, -0.05) is 20.8 Å². The van der Waals surface area contributed by atoms with E-state index in [9.17, 15) is 8.42 Å². The molecule has 0 amide bonds. The molecule has 0 aliphatic carbocycles. The van der Waals surface area contributed by atoms with Crippen LogP contribution in [0, 0.1) is 5.41 Å². The number of rotatable bonds is 3. The highest BCUT2D eigenvalue weighted by Crippen LogP contribution is 2.16. The van der Waals surface area contributed by atoms with Crippen molar-refractivity contribution < 1.29 is 8.42 Å². The lowest BCUT2D eigenvalue weighted by Gasteiger charge is -2.17. The van der Waals surface area contributed by atoms with E-state index in [2.05, 4.69) is 25.5 Å². The van der Waals surface area contributed by atoms with E-state index in [1.807, 2.05) is 0 Å². The van der Waals surface area contributed by atoms with Crippen LogP contribution in [0.5, 0.6) is 0 Å². The van der Waals surface area contributed by atoms with Crippen molar-refractivity contribution in [2.45, 2.75) is 27.2 Å². The molecule has 0 radical (unpaired) electrons. The minimum Gasteiger partial charge on any atom is -0.215 e. The lowest BCUT2D eigenvalue weighted by molar-refractivity contribution is 0.378. The Hall–Kier alpha value is -0.0900. The fourth-order valence-electron chi connectivity index (χ4n) is 0.611. The first-order valence-electron chi connectivity index (χ1n) is 3.65. The van der Waals surface area contributed by atoms with Crippen molar-refractivity contribution in [3.05, 3.63) is 0 Å². The quantitative estimate of drug-likeness (QED) is 0.701. The van der Waals surface area contributed by atoms with Crippen molar-refractivity contribution in [2.75, 3.05) is 12.8 Å². The third kappa shape index (κ3) is 9.91. The zero-order chi connectivity index (χ0) is 9.12. The second kappa shape index (κ2) is 3.54. The highest BCUT2D eigenvalue weighted by molar-refractivity contribution is 7.88. The third-order valence-electron chi connectivity index (χ3n) is 1.24. The van der Waals surface area contributed by atoms with Crippen LogP contribution in [0.4, 0.5) is 0 Å². The van der Waals surface area contributed by atoms with Crippen molar-refractivity contribution in [3.8, 4) is 0 Å². The Morgan fingerprint density at radius 2 is 1.73 bits per heavy atom. The number of nitrogens with one attached hydrogen (secondary N) is 1. The van der Waals surface area contributed by atoms with Crippen molar-refractivity contribution in [1.82, 2.24) is 4.72 Å². The molecule has 0 atom stereocenters. The number of hydrogen-bond acceptors (Lipinski definition) is 2. The van der Waals surface area contributed by atoms with Gasteiger partial charge in [-0.15, -0.1) is 0 Å². The van der Waals surface area contributed by atoms with E-state index >= 15 is 0 Å². The Kier molecular flexibility index (Phi) is 3.51. The Bertz CT molecular complexity index is 201. The van der Waals surface area contributed by atoms with Crippen LogP contribution >= 0.6 is 0 Å². The molecule has 0 saturated carbocycles. The molecular weight excluding hydrogens is 162 g/mol. The van der Waals surface area contributed by atoms with Crippen LogP contribution in [0.2, 0.25) is 0 Å². The summed E-state index contributed by atoms with van der Waals surface area (Å²) in [5, 5.41) is 0. The maximum Gasteiger partial charge on any atom is 0.208 e. The van der Waals surface area contributed by atoms with Gasteiger partial charge in [0.1, 0.15) is 0 Å². The van der Waals surface area contributed by atoms with Crippen molar-refractivity contribution in [3.63, 3.8) is 0 Å².